The van der Waals surface area contributed by atoms with Gasteiger partial charge in [0.15, 0.2) is 0 Å². The Morgan fingerprint density at radius 3 is 2.76 bits per heavy atom. The molecule has 4 aromatic heterocycles. The highest BCUT2D eigenvalue weighted by molar-refractivity contribution is 5.95. The molecule has 7 heteroatoms. The van der Waals surface area contributed by atoms with Crippen molar-refractivity contribution in [3.63, 3.8) is 0 Å². The van der Waals surface area contributed by atoms with E-state index in [1.807, 2.05) is 29.2 Å². The number of benzene rings is 1. The molecule has 1 saturated heterocycles. The second-order valence-electron chi connectivity index (χ2n) is 8.83. The number of hydrogen-bond acceptors (Lipinski definition) is 5. The van der Waals surface area contributed by atoms with Gasteiger partial charge in [0.2, 0.25) is 0 Å². The Balaban J connectivity index is 1.26. The summed E-state index contributed by atoms with van der Waals surface area (Å²) in [7, 11) is 2.18. The molecule has 0 aliphatic carbocycles. The molecule has 0 spiro atoms. The highest BCUT2D eigenvalue weighted by Crippen LogP contribution is 2.31. The normalized spacial score (nSPS) is 14.9. The van der Waals surface area contributed by atoms with E-state index in [-0.39, 0.29) is 0 Å². The Hall–Kier alpha value is -3.84. The van der Waals surface area contributed by atoms with Crippen LogP contribution in [0.15, 0.2) is 67.1 Å². The Labute approximate surface area is 192 Å². The van der Waals surface area contributed by atoms with Gasteiger partial charge in [0.05, 0.1) is 11.7 Å². The summed E-state index contributed by atoms with van der Waals surface area (Å²) in [6, 6.07) is 17.0. The van der Waals surface area contributed by atoms with Gasteiger partial charge in [-0.25, -0.2) is 9.50 Å². The minimum absolute atomic E-state index is 0.827. The molecule has 1 aliphatic heterocycles. The molecule has 6 rings (SSSR count). The maximum atomic E-state index is 4.83. The van der Waals surface area contributed by atoms with Gasteiger partial charge in [-0.15, -0.1) is 0 Å². The van der Waals surface area contributed by atoms with Crippen molar-refractivity contribution < 1.29 is 0 Å². The molecule has 7 nitrogen and oxygen atoms in total. The summed E-state index contributed by atoms with van der Waals surface area (Å²) in [5.41, 5.74) is 7.75. The van der Waals surface area contributed by atoms with Crippen LogP contribution >= 0.6 is 0 Å². The number of hydrogen-bond donors (Lipinski definition) is 2. The second kappa shape index (κ2) is 7.94. The van der Waals surface area contributed by atoms with E-state index in [1.54, 1.807) is 0 Å². The third kappa shape index (κ3) is 3.70. The molecule has 33 heavy (non-hydrogen) atoms. The molecular weight excluding hydrogens is 410 g/mol. The van der Waals surface area contributed by atoms with Gasteiger partial charge in [-0.1, -0.05) is 6.07 Å². The summed E-state index contributed by atoms with van der Waals surface area (Å²) < 4.78 is 1.91. The van der Waals surface area contributed by atoms with Gasteiger partial charge in [-0.05, 0) is 67.6 Å². The number of likely N-dealkylation sites (N-methyl/N-ethyl adjacent to an activating group) is 1. The Kier molecular flexibility index (Phi) is 4.77. The lowest BCUT2D eigenvalue weighted by Crippen LogP contribution is -2.44. The fourth-order valence-electron chi connectivity index (χ4n) is 4.58. The first-order valence-electron chi connectivity index (χ1n) is 11.4. The van der Waals surface area contributed by atoms with Gasteiger partial charge in [-0.2, -0.15) is 5.10 Å². The van der Waals surface area contributed by atoms with Crippen molar-refractivity contribution >= 4 is 33.7 Å². The first-order valence-corrected chi connectivity index (χ1v) is 11.4. The van der Waals surface area contributed by atoms with Crippen LogP contribution in [0.3, 0.4) is 0 Å². The van der Waals surface area contributed by atoms with Crippen LogP contribution in [0.5, 0.6) is 0 Å². The predicted molar refractivity (Wildman–Crippen MR) is 134 cm³/mol. The maximum Gasteiger partial charge on any atom is 0.140 e. The molecule has 0 saturated carbocycles. The number of nitrogens with one attached hydrogen (secondary N) is 2. The average molecular weight is 438 g/mol. The van der Waals surface area contributed by atoms with Gasteiger partial charge in [0.1, 0.15) is 11.5 Å². The van der Waals surface area contributed by atoms with Crippen molar-refractivity contribution in [1.29, 1.82) is 0 Å². The van der Waals surface area contributed by atoms with Crippen LogP contribution in [0.25, 0.3) is 27.7 Å². The molecule has 1 aliphatic rings. The SMILES string of the molecule is Cc1cnn2ccc(-c3c[nH]c4nc(Nc5cccc(N6CCN(C)CC6)c5)ccc34)cc12. The van der Waals surface area contributed by atoms with Crippen molar-refractivity contribution in [3.8, 4) is 11.1 Å². The van der Waals surface area contributed by atoms with E-state index in [2.05, 4.69) is 81.6 Å². The molecule has 5 aromatic rings. The number of rotatable bonds is 4. The zero-order chi connectivity index (χ0) is 22.4. The summed E-state index contributed by atoms with van der Waals surface area (Å²) in [4.78, 5) is 13.0. The minimum atomic E-state index is 0.827. The van der Waals surface area contributed by atoms with E-state index in [4.69, 9.17) is 4.98 Å². The third-order valence-corrected chi connectivity index (χ3v) is 6.55. The van der Waals surface area contributed by atoms with Crippen LogP contribution in [0, 0.1) is 6.92 Å². The zero-order valence-corrected chi connectivity index (χ0v) is 18.9. The number of anilines is 3. The van der Waals surface area contributed by atoms with Crippen molar-refractivity contribution in [1.82, 2.24) is 24.5 Å². The molecule has 0 amide bonds. The lowest BCUT2D eigenvalue weighted by atomic mass is 10.1. The van der Waals surface area contributed by atoms with Crippen LogP contribution in [-0.2, 0) is 0 Å². The monoisotopic (exact) mass is 437 g/mol. The number of fused-ring (bicyclic) bond motifs is 2. The van der Waals surface area contributed by atoms with Crippen LogP contribution in [0.2, 0.25) is 0 Å². The highest BCUT2D eigenvalue weighted by Gasteiger charge is 2.15. The number of nitrogens with zero attached hydrogens (tertiary/aromatic N) is 5. The first-order chi connectivity index (χ1) is 16.1. The summed E-state index contributed by atoms with van der Waals surface area (Å²) in [6.07, 6.45) is 5.94. The van der Waals surface area contributed by atoms with Crippen LogP contribution in [0.1, 0.15) is 5.56 Å². The molecule has 0 radical (unpaired) electrons. The van der Waals surface area contributed by atoms with Crippen molar-refractivity contribution in [2.45, 2.75) is 6.92 Å². The van der Waals surface area contributed by atoms with Gasteiger partial charge in [0.25, 0.3) is 0 Å². The standard InChI is InChI=1S/C26H27N7/c1-18-16-28-33-9-8-19(14-24(18)33)23-17-27-26-22(23)6-7-25(30-26)29-20-4-3-5-21(15-20)32-12-10-31(2)11-13-32/h3-9,14-17H,10-13H2,1-2H3,(H2,27,29,30). The molecule has 0 unspecified atom stereocenters. The Bertz CT molecular complexity index is 1440. The number of piperazine rings is 1. The van der Waals surface area contributed by atoms with E-state index in [9.17, 15) is 0 Å². The number of aromatic amines is 1. The Morgan fingerprint density at radius 2 is 1.88 bits per heavy atom. The fraction of sp³-hybridized carbons (Fsp3) is 0.231. The van der Waals surface area contributed by atoms with E-state index in [0.717, 1.165) is 65.4 Å². The third-order valence-electron chi connectivity index (χ3n) is 6.55. The summed E-state index contributed by atoms with van der Waals surface area (Å²) in [6.45, 7) is 6.39. The summed E-state index contributed by atoms with van der Waals surface area (Å²) in [5.74, 6) is 0.827. The highest BCUT2D eigenvalue weighted by atomic mass is 15.2. The molecule has 1 aromatic carbocycles. The molecule has 0 atom stereocenters. The summed E-state index contributed by atoms with van der Waals surface area (Å²) >= 11 is 0. The largest absolute Gasteiger partial charge is 0.369 e. The summed E-state index contributed by atoms with van der Waals surface area (Å²) in [5, 5.41) is 8.96. The lowest BCUT2D eigenvalue weighted by molar-refractivity contribution is 0.313. The topological polar surface area (TPSA) is 64.5 Å². The fourth-order valence-corrected chi connectivity index (χ4v) is 4.58. The van der Waals surface area contributed by atoms with E-state index in [1.165, 1.54) is 11.3 Å². The predicted octanol–water partition coefficient (Wildman–Crippen LogP) is 4.68. The smallest absolute Gasteiger partial charge is 0.140 e. The number of H-pyrrole nitrogens is 1. The van der Waals surface area contributed by atoms with Crippen molar-refractivity contribution in [2.24, 2.45) is 0 Å². The van der Waals surface area contributed by atoms with Gasteiger partial charge in [-0.3, -0.25) is 0 Å². The van der Waals surface area contributed by atoms with Crippen molar-refractivity contribution in [3.05, 3.63) is 72.7 Å². The number of aromatic nitrogens is 4. The molecular formula is C26H27N7. The number of aryl methyl sites for hydroxylation is 1. The van der Waals surface area contributed by atoms with Gasteiger partial charge in [0, 0.05) is 60.9 Å². The van der Waals surface area contributed by atoms with E-state index in [0.29, 0.717) is 0 Å². The molecule has 0 bridgehead atoms. The second-order valence-corrected chi connectivity index (χ2v) is 8.83. The zero-order valence-electron chi connectivity index (χ0n) is 18.9. The van der Waals surface area contributed by atoms with E-state index >= 15 is 0 Å². The molecule has 1 fully saturated rings. The minimum Gasteiger partial charge on any atom is -0.369 e. The molecule has 2 N–H and O–H groups in total. The van der Waals surface area contributed by atoms with Gasteiger partial charge < -0.3 is 20.1 Å². The first kappa shape index (κ1) is 19.8. The van der Waals surface area contributed by atoms with Crippen LogP contribution in [0.4, 0.5) is 17.2 Å². The quantitative estimate of drug-likeness (QED) is 0.427. The Morgan fingerprint density at radius 1 is 1.00 bits per heavy atom. The van der Waals surface area contributed by atoms with E-state index < -0.39 is 0 Å². The average Bonchev–Trinajstić information content (AvgIpc) is 3.43. The lowest BCUT2D eigenvalue weighted by Gasteiger charge is -2.34. The van der Waals surface area contributed by atoms with Crippen LogP contribution in [-0.4, -0.2) is 57.7 Å². The van der Waals surface area contributed by atoms with Crippen LogP contribution < -0.4 is 10.2 Å². The number of pyridine rings is 2. The molecule has 166 valence electrons. The van der Waals surface area contributed by atoms with Crippen molar-refractivity contribution in [2.75, 3.05) is 43.4 Å². The maximum absolute atomic E-state index is 4.83. The van der Waals surface area contributed by atoms with Gasteiger partial charge >= 0.3 is 0 Å². The molecule has 5 heterocycles.